The number of allylic oxidation sites excluding steroid dienone is 1. The molecule has 1 heteroatoms. The minimum absolute atomic E-state index is 0.749. The second-order valence-corrected chi connectivity index (χ2v) is 3.57. The van der Waals surface area contributed by atoms with Crippen molar-refractivity contribution < 1.29 is 0 Å². The van der Waals surface area contributed by atoms with Crippen LogP contribution in [0.3, 0.4) is 0 Å². The van der Waals surface area contributed by atoms with Gasteiger partial charge in [-0.15, -0.1) is 0 Å². The van der Waals surface area contributed by atoms with Crippen molar-refractivity contribution in [3.8, 4) is 0 Å². The molecule has 0 heterocycles. The van der Waals surface area contributed by atoms with E-state index in [4.69, 9.17) is 5.73 Å². The lowest BCUT2D eigenvalue weighted by molar-refractivity contribution is 1.02. The van der Waals surface area contributed by atoms with Crippen LogP contribution in [0.25, 0.3) is 5.57 Å². The highest BCUT2D eigenvalue weighted by Gasteiger charge is 2.13. The first-order valence-corrected chi connectivity index (χ1v) is 4.81. The highest BCUT2D eigenvalue weighted by molar-refractivity contribution is 5.74. The number of aryl methyl sites for hydroxylation is 1. The Morgan fingerprint density at radius 1 is 1.38 bits per heavy atom. The van der Waals surface area contributed by atoms with Crippen LogP contribution in [0.2, 0.25) is 0 Å². The molecule has 0 spiro atoms. The van der Waals surface area contributed by atoms with E-state index in [0.717, 1.165) is 19.4 Å². The van der Waals surface area contributed by atoms with Crippen molar-refractivity contribution in [2.75, 3.05) is 6.54 Å². The lowest BCUT2D eigenvalue weighted by Crippen LogP contribution is -1.99. The molecule has 2 N–H and O–H groups in total. The van der Waals surface area contributed by atoms with Crippen LogP contribution in [0.5, 0.6) is 0 Å². The van der Waals surface area contributed by atoms with Crippen molar-refractivity contribution in [2.24, 2.45) is 5.73 Å². The first-order valence-electron chi connectivity index (χ1n) is 4.81. The normalized spacial score (nSPS) is 14.2. The van der Waals surface area contributed by atoms with Crippen LogP contribution in [0.4, 0.5) is 0 Å². The van der Waals surface area contributed by atoms with Gasteiger partial charge < -0.3 is 5.73 Å². The third kappa shape index (κ3) is 1.40. The van der Waals surface area contributed by atoms with E-state index in [0.29, 0.717) is 0 Å². The Balaban J connectivity index is 2.39. The predicted octanol–water partition coefficient (Wildman–Crippen LogP) is 2.28. The molecule has 1 aromatic carbocycles. The Bertz CT molecular complexity index is 350. The third-order valence-corrected chi connectivity index (χ3v) is 2.72. The van der Waals surface area contributed by atoms with Gasteiger partial charge in [-0.3, -0.25) is 0 Å². The molecule has 1 aromatic rings. The molecule has 1 nitrogen and oxygen atoms in total. The van der Waals surface area contributed by atoms with Crippen molar-refractivity contribution in [3.05, 3.63) is 41.0 Å². The Morgan fingerprint density at radius 2 is 2.23 bits per heavy atom. The first kappa shape index (κ1) is 8.52. The van der Waals surface area contributed by atoms with E-state index in [1.54, 1.807) is 0 Å². The average molecular weight is 173 g/mol. The van der Waals surface area contributed by atoms with E-state index < -0.39 is 0 Å². The maximum Gasteiger partial charge on any atom is -0.00366 e. The second-order valence-electron chi connectivity index (χ2n) is 3.57. The fourth-order valence-electron chi connectivity index (χ4n) is 2.00. The van der Waals surface area contributed by atoms with Gasteiger partial charge >= 0.3 is 0 Å². The lowest BCUT2D eigenvalue weighted by Gasteiger charge is -2.06. The van der Waals surface area contributed by atoms with Crippen LogP contribution in [0.15, 0.2) is 24.3 Å². The molecular formula is C12H15N. The van der Waals surface area contributed by atoms with Gasteiger partial charge in [-0.05, 0) is 48.6 Å². The summed E-state index contributed by atoms with van der Waals surface area (Å²) in [6.45, 7) is 2.93. The van der Waals surface area contributed by atoms with Crippen LogP contribution in [-0.4, -0.2) is 6.54 Å². The SMILES string of the molecule is Cc1cccc2c1CC=C2CCN. The molecule has 0 saturated heterocycles. The van der Waals surface area contributed by atoms with Crippen molar-refractivity contribution in [2.45, 2.75) is 19.8 Å². The van der Waals surface area contributed by atoms with Crippen LogP contribution < -0.4 is 5.73 Å². The van der Waals surface area contributed by atoms with Gasteiger partial charge in [-0.1, -0.05) is 24.3 Å². The highest BCUT2D eigenvalue weighted by Crippen LogP contribution is 2.31. The zero-order chi connectivity index (χ0) is 9.26. The van der Waals surface area contributed by atoms with E-state index in [1.165, 1.54) is 22.3 Å². The highest BCUT2D eigenvalue weighted by atomic mass is 14.5. The molecule has 0 unspecified atom stereocenters. The Hall–Kier alpha value is -1.08. The number of rotatable bonds is 2. The van der Waals surface area contributed by atoms with E-state index in [-0.39, 0.29) is 0 Å². The number of fused-ring (bicyclic) bond motifs is 1. The number of nitrogens with two attached hydrogens (primary N) is 1. The van der Waals surface area contributed by atoms with Crippen molar-refractivity contribution >= 4 is 5.57 Å². The van der Waals surface area contributed by atoms with E-state index >= 15 is 0 Å². The Morgan fingerprint density at radius 3 is 3.00 bits per heavy atom. The Kier molecular flexibility index (Phi) is 2.19. The second kappa shape index (κ2) is 3.35. The zero-order valence-corrected chi connectivity index (χ0v) is 8.01. The maximum atomic E-state index is 5.56. The molecule has 0 aliphatic heterocycles. The smallest absolute Gasteiger partial charge is 0.00366 e. The molecule has 0 saturated carbocycles. The van der Waals surface area contributed by atoms with Gasteiger partial charge in [0.15, 0.2) is 0 Å². The molecule has 0 fully saturated rings. The van der Waals surface area contributed by atoms with Crippen LogP contribution in [0.1, 0.15) is 23.1 Å². The molecule has 1 aliphatic carbocycles. The molecular weight excluding hydrogens is 158 g/mol. The fourth-order valence-corrected chi connectivity index (χ4v) is 2.00. The van der Waals surface area contributed by atoms with Gasteiger partial charge in [0.05, 0.1) is 0 Å². The molecule has 0 bridgehead atoms. The van der Waals surface area contributed by atoms with Crippen molar-refractivity contribution in [1.82, 2.24) is 0 Å². The van der Waals surface area contributed by atoms with Gasteiger partial charge in [0.1, 0.15) is 0 Å². The molecule has 1 aliphatic rings. The molecule has 0 aromatic heterocycles. The third-order valence-electron chi connectivity index (χ3n) is 2.72. The largest absolute Gasteiger partial charge is 0.330 e. The number of hydrogen-bond donors (Lipinski definition) is 1. The van der Waals surface area contributed by atoms with Crippen LogP contribution >= 0.6 is 0 Å². The summed E-state index contributed by atoms with van der Waals surface area (Å²) in [5.74, 6) is 0. The minimum atomic E-state index is 0.749. The molecule has 0 radical (unpaired) electrons. The fraction of sp³-hybridized carbons (Fsp3) is 0.333. The average Bonchev–Trinajstić information content (AvgIpc) is 2.51. The Labute approximate surface area is 79.3 Å². The molecule has 0 amide bonds. The van der Waals surface area contributed by atoms with E-state index in [1.807, 2.05) is 0 Å². The van der Waals surface area contributed by atoms with Crippen LogP contribution in [0, 0.1) is 6.92 Å². The molecule has 0 atom stereocenters. The van der Waals surface area contributed by atoms with Crippen molar-refractivity contribution in [3.63, 3.8) is 0 Å². The predicted molar refractivity (Wildman–Crippen MR) is 56.5 cm³/mol. The zero-order valence-electron chi connectivity index (χ0n) is 8.01. The van der Waals surface area contributed by atoms with Crippen LogP contribution in [-0.2, 0) is 6.42 Å². The first-order chi connectivity index (χ1) is 6.33. The summed E-state index contributed by atoms with van der Waals surface area (Å²) in [6, 6.07) is 6.51. The van der Waals surface area contributed by atoms with E-state index in [9.17, 15) is 0 Å². The lowest BCUT2D eigenvalue weighted by atomic mass is 10.00. The summed E-state index contributed by atoms with van der Waals surface area (Å²) >= 11 is 0. The molecule has 2 rings (SSSR count). The maximum absolute atomic E-state index is 5.56. The van der Waals surface area contributed by atoms with Gasteiger partial charge in [-0.25, -0.2) is 0 Å². The topological polar surface area (TPSA) is 26.0 Å². The monoisotopic (exact) mass is 173 g/mol. The van der Waals surface area contributed by atoms with Gasteiger partial charge in [-0.2, -0.15) is 0 Å². The summed E-state index contributed by atoms with van der Waals surface area (Å²) < 4.78 is 0. The van der Waals surface area contributed by atoms with Gasteiger partial charge in [0, 0.05) is 0 Å². The quantitative estimate of drug-likeness (QED) is 0.729. The summed E-state index contributed by atoms with van der Waals surface area (Å²) in [4.78, 5) is 0. The summed E-state index contributed by atoms with van der Waals surface area (Å²) in [6.07, 6.45) is 4.41. The van der Waals surface area contributed by atoms with Gasteiger partial charge in [0.25, 0.3) is 0 Å². The summed E-state index contributed by atoms with van der Waals surface area (Å²) in [7, 11) is 0. The van der Waals surface area contributed by atoms with Crippen molar-refractivity contribution in [1.29, 1.82) is 0 Å². The molecule has 13 heavy (non-hydrogen) atoms. The number of hydrogen-bond acceptors (Lipinski definition) is 1. The summed E-state index contributed by atoms with van der Waals surface area (Å²) in [5, 5.41) is 0. The summed E-state index contributed by atoms with van der Waals surface area (Å²) in [5.41, 5.74) is 11.3. The standard InChI is InChI=1S/C12H15N/c1-9-3-2-4-12-10(7-8-13)5-6-11(9)12/h2-5H,6-8,13H2,1H3. The van der Waals surface area contributed by atoms with Gasteiger partial charge in [0.2, 0.25) is 0 Å². The van der Waals surface area contributed by atoms with E-state index in [2.05, 4.69) is 31.2 Å². The molecule has 68 valence electrons. The minimum Gasteiger partial charge on any atom is -0.330 e. The number of benzene rings is 1.